The number of amides is 1. The van der Waals surface area contributed by atoms with E-state index in [1.54, 1.807) is 0 Å². The molecule has 0 unspecified atom stereocenters. The molecule has 1 saturated carbocycles. The van der Waals surface area contributed by atoms with Crippen molar-refractivity contribution >= 4 is 5.91 Å². The predicted octanol–water partition coefficient (Wildman–Crippen LogP) is 0.267. The van der Waals surface area contributed by atoms with E-state index in [2.05, 4.69) is 5.32 Å². The molecule has 0 aliphatic heterocycles. The third kappa shape index (κ3) is 4.58. The van der Waals surface area contributed by atoms with Gasteiger partial charge in [0.15, 0.2) is 0 Å². The summed E-state index contributed by atoms with van der Waals surface area (Å²) in [4.78, 5) is 11.2. The molecule has 0 saturated heterocycles. The van der Waals surface area contributed by atoms with Gasteiger partial charge in [0.05, 0.1) is 12.6 Å². The van der Waals surface area contributed by atoms with Crippen molar-refractivity contribution in [2.75, 3.05) is 19.8 Å². The summed E-state index contributed by atoms with van der Waals surface area (Å²) in [5.41, 5.74) is 5.54. The van der Waals surface area contributed by atoms with E-state index in [9.17, 15) is 4.79 Å². The van der Waals surface area contributed by atoms with Crippen LogP contribution in [0.4, 0.5) is 0 Å². The minimum Gasteiger partial charge on any atom is -0.379 e. The number of nitrogens with two attached hydrogens (primary N) is 1. The van der Waals surface area contributed by atoms with Crippen LogP contribution in [0.1, 0.15) is 26.2 Å². The Kier molecular flexibility index (Phi) is 4.90. The van der Waals surface area contributed by atoms with Gasteiger partial charge in [0, 0.05) is 13.2 Å². The molecule has 1 aliphatic carbocycles. The van der Waals surface area contributed by atoms with Crippen molar-refractivity contribution in [1.82, 2.24) is 5.32 Å². The molecule has 1 aliphatic rings. The summed E-state index contributed by atoms with van der Waals surface area (Å²) >= 11 is 0. The van der Waals surface area contributed by atoms with E-state index in [1.807, 2.05) is 6.92 Å². The van der Waals surface area contributed by atoms with Crippen LogP contribution in [0.2, 0.25) is 0 Å². The average molecular weight is 200 g/mol. The number of carbonyl (C=O) groups excluding carboxylic acids is 1. The Morgan fingerprint density at radius 2 is 2.36 bits per heavy atom. The topological polar surface area (TPSA) is 64.4 Å². The third-order valence-corrected chi connectivity index (χ3v) is 2.37. The molecule has 1 fully saturated rings. The predicted molar refractivity (Wildman–Crippen MR) is 54.8 cm³/mol. The van der Waals surface area contributed by atoms with Crippen LogP contribution in [-0.4, -0.2) is 31.7 Å². The summed E-state index contributed by atoms with van der Waals surface area (Å²) in [5, 5.41) is 2.74. The van der Waals surface area contributed by atoms with Crippen LogP contribution in [0.3, 0.4) is 0 Å². The average Bonchev–Trinajstić information content (AvgIpc) is 2.99. The molecule has 0 aromatic carbocycles. The molecule has 4 nitrogen and oxygen atoms in total. The number of hydrogen-bond donors (Lipinski definition) is 2. The molecule has 0 radical (unpaired) electrons. The van der Waals surface area contributed by atoms with Crippen molar-refractivity contribution < 1.29 is 9.53 Å². The SMILES string of the molecule is CC[C@H](N)C(=O)NCCOCC1CC1. The number of hydrogen-bond acceptors (Lipinski definition) is 3. The maximum absolute atomic E-state index is 11.2. The maximum atomic E-state index is 11.2. The standard InChI is InChI=1S/C10H20N2O2/c1-2-9(11)10(13)12-5-6-14-7-8-3-4-8/h8-9H,2-7,11H2,1H3,(H,12,13)/t9-/m0/s1. The summed E-state index contributed by atoms with van der Waals surface area (Å²) in [6.45, 7) is 3.90. The Balaban J connectivity index is 1.88. The van der Waals surface area contributed by atoms with Crippen molar-refractivity contribution in [3.63, 3.8) is 0 Å². The van der Waals surface area contributed by atoms with Gasteiger partial charge in [-0.05, 0) is 25.2 Å². The number of nitrogens with one attached hydrogen (secondary N) is 1. The molecule has 0 spiro atoms. The molecule has 0 aromatic heterocycles. The van der Waals surface area contributed by atoms with Crippen molar-refractivity contribution in [3.8, 4) is 0 Å². The normalized spacial score (nSPS) is 17.9. The first-order valence-electron chi connectivity index (χ1n) is 5.35. The molecule has 1 amide bonds. The van der Waals surface area contributed by atoms with Crippen LogP contribution in [0, 0.1) is 5.92 Å². The number of carbonyl (C=O) groups is 1. The lowest BCUT2D eigenvalue weighted by Crippen LogP contribution is -2.41. The summed E-state index contributed by atoms with van der Waals surface area (Å²) < 4.78 is 5.37. The molecule has 1 rings (SSSR count). The van der Waals surface area contributed by atoms with Gasteiger partial charge in [-0.3, -0.25) is 4.79 Å². The van der Waals surface area contributed by atoms with E-state index in [0.717, 1.165) is 12.5 Å². The molecule has 3 N–H and O–H groups in total. The quantitative estimate of drug-likeness (QED) is 0.580. The largest absolute Gasteiger partial charge is 0.379 e. The Morgan fingerprint density at radius 1 is 1.64 bits per heavy atom. The molecule has 0 bridgehead atoms. The highest BCUT2D eigenvalue weighted by Gasteiger charge is 2.20. The molecule has 4 heteroatoms. The first kappa shape index (κ1) is 11.5. The fraction of sp³-hybridized carbons (Fsp3) is 0.900. The van der Waals surface area contributed by atoms with E-state index < -0.39 is 0 Å². The maximum Gasteiger partial charge on any atom is 0.236 e. The van der Waals surface area contributed by atoms with Gasteiger partial charge in [-0.2, -0.15) is 0 Å². The van der Waals surface area contributed by atoms with Gasteiger partial charge in [-0.1, -0.05) is 6.92 Å². The summed E-state index contributed by atoms with van der Waals surface area (Å²) in [7, 11) is 0. The highest BCUT2D eigenvalue weighted by Crippen LogP contribution is 2.28. The van der Waals surface area contributed by atoms with E-state index in [1.165, 1.54) is 12.8 Å². The van der Waals surface area contributed by atoms with Crippen LogP contribution >= 0.6 is 0 Å². The lowest BCUT2D eigenvalue weighted by Gasteiger charge is -2.09. The summed E-state index contributed by atoms with van der Waals surface area (Å²) in [6.07, 6.45) is 3.27. The van der Waals surface area contributed by atoms with Gasteiger partial charge in [-0.15, -0.1) is 0 Å². The molecule has 0 heterocycles. The first-order valence-corrected chi connectivity index (χ1v) is 5.35. The zero-order valence-electron chi connectivity index (χ0n) is 8.79. The van der Waals surface area contributed by atoms with E-state index in [-0.39, 0.29) is 11.9 Å². The Morgan fingerprint density at radius 3 is 2.93 bits per heavy atom. The molecular formula is C10H20N2O2. The second kappa shape index (κ2) is 5.98. The van der Waals surface area contributed by atoms with Crippen molar-refractivity contribution in [2.45, 2.75) is 32.2 Å². The van der Waals surface area contributed by atoms with Crippen LogP contribution in [-0.2, 0) is 9.53 Å². The number of rotatable bonds is 7. The summed E-state index contributed by atoms with van der Waals surface area (Å²) in [5.74, 6) is 0.700. The third-order valence-electron chi connectivity index (χ3n) is 2.37. The molecule has 0 aromatic rings. The van der Waals surface area contributed by atoms with Gasteiger partial charge >= 0.3 is 0 Å². The van der Waals surface area contributed by atoms with Crippen LogP contribution in [0.5, 0.6) is 0 Å². The molecule has 1 atom stereocenters. The lowest BCUT2D eigenvalue weighted by molar-refractivity contribution is -0.122. The van der Waals surface area contributed by atoms with Crippen molar-refractivity contribution in [2.24, 2.45) is 11.7 Å². The zero-order valence-corrected chi connectivity index (χ0v) is 8.79. The van der Waals surface area contributed by atoms with Crippen molar-refractivity contribution in [3.05, 3.63) is 0 Å². The van der Waals surface area contributed by atoms with E-state index >= 15 is 0 Å². The summed E-state index contributed by atoms with van der Waals surface area (Å²) in [6, 6.07) is -0.376. The van der Waals surface area contributed by atoms with Gasteiger partial charge in [0.25, 0.3) is 0 Å². The molecule has 14 heavy (non-hydrogen) atoms. The first-order chi connectivity index (χ1) is 6.74. The van der Waals surface area contributed by atoms with Gasteiger partial charge in [-0.25, -0.2) is 0 Å². The van der Waals surface area contributed by atoms with E-state index in [0.29, 0.717) is 19.6 Å². The highest BCUT2D eigenvalue weighted by molar-refractivity contribution is 5.81. The number of ether oxygens (including phenoxy) is 1. The van der Waals surface area contributed by atoms with Gasteiger partial charge in [0.1, 0.15) is 0 Å². The van der Waals surface area contributed by atoms with Gasteiger partial charge < -0.3 is 15.8 Å². The van der Waals surface area contributed by atoms with Crippen LogP contribution < -0.4 is 11.1 Å². The zero-order chi connectivity index (χ0) is 10.4. The van der Waals surface area contributed by atoms with Gasteiger partial charge in [0.2, 0.25) is 5.91 Å². The fourth-order valence-electron chi connectivity index (χ4n) is 1.10. The highest BCUT2D eigenvalue weighted by atomic mass is 16.5. The Bertz CT molecular complexity index is 181. The monoisotopic (exact) mass is 200 g/mol. The Hall–Kier alpha value is -0.610. The lowest BCUT2D eigenvalue weighted by atomic mass is 10.2. The van der Waals surface area contributed by atoms with E-state index in [4.69, 9.17) is 10.5 Å². The minimum atomic E-state index is -0.376. The smallest absolute Gasteiger partial charge is 0.236 e. The Labute approximate surface area is 85.2 Å². The molecule has 82 valence electrons. The van der Waals surface area contributed by atoms with Crippen molar-refractivity contribution in [1.29, 1.82) is 0 Å². The molecular weight excluding hydrogens is 180 g/mol. The second-order valence-corrected chi connectivity index (χ2v) is 3.82. The second-order valence-electron chi connectivity index (χ2n) is 3.82. The minimum absolute atomic E-state index is 0.0810. The fourth-order valence-corrected chi connectivity index (χ4v) is 1.10. The van der Waals surface area contributed by atoms with Crippen LogP contribution in [0.15, 0.2) is 0 Å². The van der Waals surface area contributed by atoms with Crippen LogP contribution in [0.25, 0.3) is 0 Å².